The maximum atomic E-state index is 5.77. The highest BCUT2D eigenvalue weighted by atomic mass is 15.5. The Hall–Kier alpha value is -0.160. The van der Waals surface area contributed by atoms with Crippen LogP contribution in [0.1, 0.15) is 20.3 Å². The Morgan fingerprint density at radius 2 is 1.80 bits per heavy atom. The highest BCUT2D eigenvalue weighted by molar-refractivity contribution is 4.72. The molecule has 90 valence electrons. The quantitative estimate of drug-likeness (QED) is 0.682. The van der Waals surface area contributed by atoms with Crippen molar-refractivity contribution in [2.24, 2.45) is 11.7 Å². The van der Waals surface area contributed by atoms with Crippen molar-refractivity contribution in [1.82, 2.24) is 15.3 Å². The summed E-state index contributed by atoms with van der Waals surface area (Å²) < 4.78 is 0. The van der Waals surface area contributed by atoms with Crippen LogP contribution in [0.3, 0.4) is 0 Å². The van der Waals surface area contributed by atoms with Gasteiger partial charge in [0, 0.05) is 38.8 Å². The highest BCUT2D eigenvalue weighted by Crippen LogP contribution is 2.05. The molecule has 1 atom stereocenters. The van der Waals surface area contributed by atoms with Crippen LogP contribution < -0.4 is 11.2 Å². The molecule has 4 nitrogen and oxygen atoms in total. The summed E-state index contributed by atoms with van der Waals surface area (Å²) >= 11 is 0. The SMILES string of the molecule is CC(C)CC(CN)NN1CCN(C)CC1. The zero-order valence-corrected chi connectivity index (χ0v) is 10.4. The summed E-state index contributed by atoms with van der Waals surface area (Å²) in [5, 5.41) is 2.32. The molecule has 3 N–H and O–H groups in total. The number of rotatable bonds is 5. The molecular formula is C11H26N4. The minimum Gasteiger partial charge on any atom is -0.329 e. The molecular weight excluding hydrogens is 188 g/mol. The second-order valence-corrected chi connectivity index (χ2v) is 4.98. The summed E-state index contributed by atoms with van der Waals surface area (Å²) in [5.74, 6) is 0.707. The van der Waals surface area contributed by atoms with Gasteiger partial charge in [0.15, 0.2) is 0 Å². The van der Waals surface area contributed by atoms with Gasteiger partial charge in [0.25, 0.3) is 0 Å². The zero-order chi connectivity index (χ0) is 11.3. The molecule has 1 saturated heterocycles. The van der Waals surface area contributed by atoms with Gasteiger partial charge >= 0.3 is 0 Å². The van der Waals surface area contributed by atoms with Crippen molar-refractivity contribution in [3.8, 4) is 0 Å². The summed E-state index contributed by atoms with van der Waals surface area (Å²) in [6.45, 7) is 9.71. The van der Waals surface area contributed by atoms with Crippen LogP contribution in [0.25, 0.3) is 0 Å². The molecule has 1 fully saturated rings. The lowest BCUT2D eigenvalue weighted by Crippen LogP contribution is -2.55. The predicted molar refractivity (Wildman–Crippen MR) is 64.5 cm³/mol. The molecule has 1 rings (SSSR count). The average Bonchev–Trinajstić information content (AvgIpc) is 2.19. The molecule has 0 amide bonds. The lowest BCUT2D eigenvalue weighted by Gasteiger charge is -2.35. The van der Waals surface area contributed by atoms with Crippen LogP contribution in [0.2, 0.25) is 0 Å². The number of hydrazine groups is 1. The number of hydrogen-bond acceptors (Lipinski definition) is 4. The molecule has 0 aromatic rings. The Balaban J connectivity index is 2.25. The van der Waals surface area contributed by atoms with Crippen LogP contribution >= 0.6 is 0 Å². The van der Waals surface area contributed by atoms with E-state index in [4.69, 9.17) is 5.73 Å². The van der Waals surface area contributed by atoms with Crippen LogP contribution in [0, 0.1) is 5.92 Å². The number of likely N-dealkylation sites (N-methyl/N-ethyl adjacent to an activating group) is 1. The highest BCUT2D eigenvalue weighted by Gasteiger charge is 2.17. The largest absolute Gasteiger partial charge is 0.329 e. The van der Waals surface area contributed by atoms with Gasteiger partial charge in [-0.25, -0.2) is 5.01 Å². The van der Waals surface area contributed by atoms with Gasteiger partial charge in [-0.05, 0) is 19.4 Å². The van der Waals surface area contributed by atoms with E-state index in [0.29, 0.717) is 12.0 Å². The monoisotopic (exact) mass is 214 g/mol. The molecule has 1 aliphatic rings. The van der Waals surface area contributed by atoms with Gasteiger partial charge in [0.05, 0.1) is 0 Å². The first-order chi connectivity index (χ1) is 7.11. The van der Waals surface area contributed by atoms with Crippen LogP contribution in [0.5, 0.6) is 0 Å². The Bertz CT molecular complexity index is 164. The lowest BCUT2D eigenvalue weighted by molar-refractivity contribution is 0.0837. The molecule has 0 radical (unpaired) electrons. The van der Waals surface area contributed by atoms with Crippen molar-refractivity contribution >= 4 is 0 Å². The van der Waals surface area contributed by atoms with E-state index in [2.05, 4.69) is 36.2 Å². The van der Waals surface area contributed by atoms with Crippen LogP contribution in [0.4, 0.5) is 0 Å². The molecule has 0 aliphatic carbocycles. The molecule has 0 spiro atoms. The molecule has 0 aromatic heterocycles. The standard InChI is InChI=1S/C11H26N4/c1-10(2)8-11(9-12)13-15-6-4-14(3)5-7-15/h10-11,13H,4-9,12H2,1-3H3. The van der Waals surface area contributed by atoms with Gasteiger partial charge in [-0.2, -0.15) is 0 Å². The lowest BCUT2D eigenvalue weighted by atomic mass is 10.0. The normalized spacial score (nSPS) is 22.2. The van der Waals surface area contributed by atoms with Crippen molar-refractivity contribution in [2.45, 2.75) is 26.3 Å². The van der Waals surface area contributed by atoms with Gasteiger partial charge in [0.1, 0.15) is 0 Å². The Labute approximate surface area is 93.8 Å². The minimum absolute atomic E-state index is 0.438. The number of nitrogens with one attached hydrogen (secondary N) is 1. The minimum atomic E-state index is 0.438. The van der Waals surface area contributed by atoms with Crippen molar-refractivity contribution < 1.29 is 0 Å². The van der Waals surface area contributed by atoms with E-state index in [0.717, 1.165) is 39.1 Å². The van der Waals surface area contributed by atoms with Gasteiger partial charge in [0.2, 0.25) is 0 Å². The van der Waals surface area contributed by atoms with Crippen LogP contribution in [0.15, 0.2) is 0 Å². The Morgan fingerprint density at radius 1 is 1.20 bits per heavy atom. The molecule has 4 heteroatoms. The third-order valence-electron chi connectivity index (χ3n) is 2.91. The molecule has 0 bridgehead atoms. The van der Waals surface area contributed by atoms with E-state index in [1.165, 1.54) is 0 Å². The fraction of sp³-hybridized carbons (Fsp3) is 1.00. The third-order valence-corrected chi connectivity index (χ3v) is 2.91. The van der Waals surface area contributed by atoms with Gasteiger partial charge in [-0.1, -0.05) is 13.8 Å². The molecule has 0 aromatic carbocycles. The molecule has 1 heterocycles. The summed E-state index contributed by atoms with van der Waals surface area (Å²) in [7, 11) is 2.17. The van der Waals surface area contributed by atoms with E-state index in [1.54, 1.807) is 0 Å². The van der Waals surface area contributed by atoms with E-state index in [1.807, 2.05) is 0 Å². The number of nitrogens with zero attached hydrogens (tertiary/aromatic N) is 2. The first-order valence-corrected chi connectivity index (χ1v) is 6.01. The number of piperazine rings is 1. The second kappa shape index (κ2) is 6.43. The summed E-state index contributed by atoms with van der Waals surface area (Å²) in [4.78, 5) is 2.36. The van der Waals surface area contributed by atoms with Crippen LogP contribution in [-0.2, 0) is 0 Å². The van der Waals surface area contributed by atoms with Crippen molar-refractivity contribution in [3.63, 3.8) is 0 Å². The smallest absolute Gasteiger partial charge is 0.0340 e. The Kier molecular flexibility index (Phi) is 5.53. The summed E-state index contributed by atoms with van der Waals surface area (Å²) in [6.07, 6.45) is 1.16. The maximum absolute atomic E-state index is 5.77. The van der Waals surface area contributed by atoms with E-state index >= 15 is 0 Å². The molecule has 1 unspecified atom stereocenters. The van der Waals surface area contributed by atoms with Gasteiger partial charge < -0.3 is 10.6 Å². The van der Waals surface area contributed by atoms with Gasteiger partial charge in [-0.15, -0.1) is 0 Å². The van der Waals surface area contributed by atoms with Crippen LogP contribution in [-0.4, -0.2) is 55.7 Å². The van der Waals surface area contributed by atoms with Crippen molar-refractivity contribution in [1.29, 1.82) is 0 Å². The number of nitrogens with two attached hydrogens (primary N) is 1. The zero-order valence-electron chi connectivity index (χ0n) is 10.4. The van der Waals surface area contributed by atoms with E-state index < -0.39 is 0 Å². The predicted octanol–water partition coefficient (Wildman–Crippen LogP) is 0.112. The third kappa shape index (κ3) is 4.93. The second-order valence-electron chi connectivity index (χ2n) is 4.98. The summed E-state index contributed by atoms with van der Waals surface area (Å²) in [6, 6.07) is 0.438. The first-order valence-electron chi connectivity index (χ1n) is 6.01. The summed E-state index contributed by atoms with van der Waals surface area (Å²) in [5.41, 5.74) is 9.31. The number of hydrogen-bond donors (Lipinski definition) is 2. The fourth-order valence-corrected chi connectivity index (χ4v) is 1.96. The van der Waals surface area contributed by atoms with Crippen molar-refractivity contribution in [3.05, 3.63) is 0 Å². The van der Waals surface area contributed by atoms with E-state index in [9.17, 15) is 0 Å². The van der Waals surface area contributed by atoms with Crippen molar-refractivity contribution in [2.75, 3.05) is 39.8 Å². The molecule has 15 heavy (non-hydrogen) atoms. The maximum Gasteiger partial charge on any atom is 0.0340 e. The average molecular weight is 214 g/mol. The Morgan fingerprint density at radius 3 is 2.27 bits per heavy atom. The first kappa shape index (κ1) is 12.9. The topological polar surface area (TPSA) is 44.5 Å². The van der Waals surface area contributed by atoms with E-state index in [-0.39, 0.29) is 0 Å². The van der Waals surface area contributed by atoms with Gasteiger partial charge in [-0.3, -0.25) is 5.43 Å². The molecule has 1 aliphatic heterocycles. The fourth-order valence-electron chi connectivity index (χ4n) is 1.96. The molecule has 0 saturated carbocycles.